The monoisotopic (exact) mass is 1190 g/mol. The van der Waals surface area contributed by atoms with E-state index in [2.05, 4.69) is 13.2 Å². The average Bonchev–Trinajstić information content (AvgIpc) is 4.32. The summed E-state index contributed by atoms with van der Waals surface area (Å²) in [5, 5.41) is 5.26. The molecule has 0 N–H and O–H groups in total. The predicted octanol–water partition coefficient (Wildman–Crippen LogP) is 12.2. The molecule has 0 saturated carbocycles. The Balaban J connectivity index is 0.00000387. The second-order valence-corrected chi connectivity index (χ2v) is 21.5. The molecule has 0 atom stereocenters. The summed E-state index contributed by atoms with van der Waals surface area (Å²) in [6.45, 7) is 16.5. The number of aromatic nitrogens is 6. The minimum absolute atomic E-state index is 0. The molecule has 0 unspecified atom stereocenters. The third-order valence-electron chi connectivity index (χ3n) is 14.2. The molecule has 0 aliphatic carbocycles. The zero-order valence-electron chi connectivity index (χ0n) is 44.0. The maximum absolute atomic E-state index is 14.2. The molecule has 80 heavy (non-hydrogen) atoms. The number of carbonyl (C=O) groups is 2. The van der Waals surface area contributed by atoms with Crippen LogP contribution in [0.3, 0.4) is 0 Å². The Bertz CT molecular complexity index is 4300. The molecule has 4 aromatic carbocycles. The normalized spacial score (nSPS) is 12.6. The quantitative estimate of drug-likeness (QED) is 0.112. The maximum atomic E-state index is 14.2. The van der Waals surface area contributed by atoms with Gasteiger partial charge < -0.3 is 22.4 Å². The number of halogens is 3. The smallest absolute Gasteiger partial charge is 1.00 e. The van der Waals surface area contributed by atoms with Gasteiger partial charge in [0.25, 0.3) is 0 Å². The minimum atomic E-state index is -0.283. The van der Waals surface area contributed by atoms with Gasteiger partial charge in [-0.3, -0.25) is 18.7 Å². The van der Waals surface area contributed by atoms with Crippen molar-refractivity contribution in [3.05, 3.63) is 228 Å². The fourth-order valence-electron chi connectivity index (χ4n) is 10.0. The van der Waals surface area contributed by atoms with Gasteiger partial charge >= 0.3 is 17.1 Å². The number of thiazole rings is 2. The van der Waals surface area contributed by atoms with Gasteiger partial charge in [0.15, 0.2) is 9.60 Å². The summed E-state index contributed by atoms with van der Waals surface area (Å²) in [5.41, 5.74) is 18.4. The van der Waals surface area contributed by atoms with E-state index < -0.39 is 0 Å². The van der Waals surface area contributed by atoms with Crippen LogP contribution in [0.15, 0.2) is 173 Å². The number of fused-ring (bicyclic) bond motifs is 8. The first-order chi connectivity index (χ1) is 37.8. The molecule has 399 valence electrons. The van der Waals surface area contributed by atoms with Crippen LogP contribution in [0.25, 0.3) is 84.3 Å². The van der Waals surface area contributed by atoms with Crippen LogP contribution in [0, 0.1) is 13.8 Å². The van der Waals surface area contributed by atoms with Gasteiger partial charge in [0.2, 0.25) is 11.8 Å². The Labute approximate surface area is 497 Å². The van der Waals surface area contributed by atoms with Gasteiger partial charge in [-0.05, 0) is 122 Å². The van der Waals surface area contributed by atoms with E-state index in [1.165, 1.54) is 22.7 Å². The van der Waals surface area contributed by atoms with Gasteiger partial charge in [-0.15, -0.1) is 44.7 Å². The number of carbonyl (C=O) groups excluding carboxylic acids is 2. The van der Waals surface area contributed by atoms with Crippen molar-refractivity contribution in [3.8, 4) is 33.9 Å². The maximum Gasteiger partial charge on any atom is 3.00 e. The second-order valence-electron chi connectivity index (χ2n) is 19.0. The predicted molar refractivity (Wildman–Crippen MR) is 321 cm³/mol. The molecule has 7 heterocycles. The summed E-state index contributed by atoms with van der Waals surface area (Å²) < 4.78 is 3.99. The van der Waals surface area contributed by atoms with Crippen molar-refractivity contribution in [1.29, 1.82) is 0 Å². The number of amides is 2. The van der Waals surface area contributed by atoms with Crippen LogP contribution in [0.1, 0.15) is 78.1 Å². The second kappa shape index (κ2) is 24.5. The van der Waals surface area contributed by atoms with Gasteiger partial charge in [0.05, 0.1) is 34.2 Å². The average molecular weight is 1190 g/mol. The Kier molecular flexibility index (Phi) is 17.5. The standard InChI is InChI=1S/C64H50Cl2N8O2S2.ClH.Fe/c1-7-47-37(3)51-31-52-39(5)49(27-29-61(75)71-63-73(45-23-19-43(65)20-24-45)59(35-77-63)41-15-11-9-12-16-41)57(69-52)34-58-50(40(6)54(70-58)33-56-48(8-2)38(4)53(68-56)32-55(47)67-51)28-30-62(76)72-64-74(46-25-21-44(66)22-26-46)60(36-78-64)42-17-13-10-14-18-42;;/h7-26,31-36H,1-2,27-30H2,3-6H3;1H;/q-2;;+3/p-1. The summed E-state index contributed by atoms with van der Waals surface area (Å²) in [4.78, 5) is 59.9. The number of benzene rings is 4. The molecule has 16 heteroatoms. The van der Waals surface area contributed by atoms with Crippen molar-refractivity contribution in [2.45, 2.75) is 53.4 Å². The van der Waals surface area contributed by atoms with Crippen molar-refractivity contribution in [1.82, 2.24) is 29.1 Å². The van der Waals surface area contributed by atoms with E-state index in [4.69, 9.17) is 53.1 Å². The molecule has 0 saturated heterocycles. The van der Waals surface area contributed by atoms with Crippen molar-refractivity contribution in [2.24, 2.45) is 9.98 Å². The zero-order chi connectivity index (χ0) is 54.2. The number of rotatable bonds is 12. The molecule has 8 bridgehead atoms. The fourth-order valence-corrected chi connectivity index (χ4v) is 12.1. The summed E-state index contributed by atoms with van der Waals surface area (Å²) in [6.07, 6.45) is 4.54. The molecule has 11 rings (SSSR count). The first-order valence-electron chi connectivity index (χ1n) is 25.3. The Morgan fingerprint density at radius 2 is 1.04 bits per heavy atom. The zero-order valence-corrected chi connectivity index (χ0v) is 49.0. The third-order valence-corrected chi connectivity index (χ3v) is 16.4. The van der Waals surface area contributed by atoms with Crippen LogP contribution in [-0.2, 0) is 33.1 Å². The molecule has 0 fully saturated rings. The molecule has 2 amide bonds. The van der Waals surface area contributed by atoms with Crippen LogP contribution >= 0.6 is 45.9 Å². The summed E-state index contributed by atoms with van der Waals surface area (Å²) in [7, 11) is 0. The van der Waals surface area contributed by atoms with E-state index in [-0.39, 0.29) is 54.1 Å². The van der Waals surface area contributed by atoms with Crippen LogP contribution in [0.2, 0.25) is 10.0 Å². The van der Waals surface area contributed by atoms with Crippen LogP contribution < -0.4 is 32.0 Å². The molecule has 1 radical (unpaired) electrons. The van der Waals surface area contributed by atoms with Gasteiger partial charge in [-0.25, -0.2) is 9.97 Å². The van der Waals surface area contributed by atoms with E-state index >= 15 is 0 Å². The van der Waals surface area contributed by atoms with E-state index in [1.807, 2.05) is 193 Å². The van der Waals surface area contributed by atoms with E-state index in [0.717, 1.165) is 95.2 Å². The van der Waals surface area contributed by atoms with E-state index in [0.29, 0.717) is 60.6 Å². The van der Waals surface area contributed by atoms with Gasteiger partial charge in [0.1, 0.15) is 0 Å². The van der Waals surface area contributed by atoms with Gasteiger partial charge in [0, 0.05) is 50.6 Å². The third kappa shape index (κ3) is 11.5. The van der Waals surface area contributed by atoms with Crippen molar-refractivity contribution < 1.29 is 39.1 Å². The topological polar surface area (TPSA) is 123 Å². The van der Waals surface area contributed by atoms with Crippen LogP contribution in [-0.4, -0.2) is 30.9 Å². The fraction of sp³-hybridized carbons (Fsp3) is 0.125. The first kappa shape index (κ1) is 57.2. The molecule has 9 aromatic rings. The Morgan fingerprint density at radius 1 is 0.575 bits per heavy atom. The number of hydrogen-bond donors (Lipinski definition) is 0. The van der Waals surface area contributed by atoms with Crippen LogP contribution in [0.5, 0.6) is 0 Å². The number of hydrogen-bond acceptors (Lipinski definition) is 6. The van der Waals surface area contributed by atoms with Crippen LogP contribution in [0.4, 0.5) is 0 Å². The number of aryl methyl sites for hydroxylation is 3. The number of allylic oxidation sites excluding steroid dienone is 5. The molecule has 5 aromatic heterocycles. The molecule has 2 aliphatic heterocycles. The van der Waals surface area contributed by atoms with Crippen molar-refractivity contribution in [2.75, 3.05) is 0 Å². The number of nitrogens with zero attached hydrogens (tertiary/aromatic N) is 8. The molecular formula is C64H50Cl3FeN8O2S2. The van der Waals surface area contributed by atoms with E-state index in [9.17, 15) is 9.59 Å². The molecule has 2 aliphatic rings. The van der Waals surface area contributed by atoms with Crippen molar-refractivity contribution >= 4 is 108 Å². The van der Waals surface area contributed by atoms with Gasteiger partial charge in [-0.2, -0.15) is 9.98 Å². The largest absolute Gasteiger partial charge is 3.00 e. The van der Waals surface area contributed by atoms with Crippen molar-refractivity contribution in [3.63, 3.8) is 0 Å². The SMILES string of the molecule is C=CC1=C(C)c2cc3[n-]c(cc4nc(cc5[n-]c(cc1n2)c(C)c5CCC(=O)N=c1scc(-c2ccccc2)n1-c1ccc(Cl)cc1)C(CCC(=O)N=c1scc(-c2ccccc2)n1-c1ccc(Cl)cc1)=C4C)c(C)c3C=C.[Cl-].[Fe+3]. The minimum Gasteiger partial charge on any atom is -1.00 e. The van der Waals surface area contributed by atoms with E-state index in [1.54, 1.807) is 0 Å². The summed E-state index contributed by atoms with van der Waals surface area (Å²) in [6, 6.07) is 43.0. The molecule has 0 spiro atoms. The molecule has 10 nitrogen and oxygen atoms in total. The Hall–Kier alpha value is -7.45. The summed E-state index contributed by atoms with van der Waals surface area (Å²) in [5.74, 6) is -0.566. The Morgan fingerprint density at radius 3 is 1.57 bits per heavy atom. The van der Waals surface area contributed by atoms with Gasteiger partial charge in [-0.1, -0.05) is 150 Å². The first-order valence-corrected chi connectivity index (χ1v) is 27.9. The molecular weight excluding hydrogens is 1140 g/mol. The summed E-state index contributed by atoms with van der Waals surface area (Å²) >= 11 is 15.5.